The number of nitrogens with one attached hydrogen (secondary N) is 1. The Morgan fingerprint density at radius 3 is 2.72 bits per heavy atom. The molecule has 3 rings (SSSR count). The van der Waals surface area contributed by atoms with Gasteiger partial charge < -0.3 is 0 Å². The van der Waals surface area contributed by atoms with Crippen LogP contribution in [-0.4, -0.2) is 41.9 Å². The first-order valence-electron chi connectivity index (χ1n) is 8.74. The number of fused-ring (bicyclic) bond motifs is 1. The minimum absolute atomic E-state index is 0.115. The number of hydrogen-bond acceptors (Lipinski definition) is 4. The second-order valence-corrected chi connectivity index (χ2v) is 8.76. The highest BCUT2D eigenvalue weighted by Gasteiger charge is 2.25. The molecule has 1 aliphatic heterocycles. The average Bonchev–Trinajstić information content (AvgIpc) is 3.05. The van der Waals surface area contributed by atoms with Gasteiger partial charge in [-0.2, -0.15) is 5.10 Å². The lowest BCUT2D eigenvalue weighted by Gasteiger charge is -2.34. The van der Waals surface area contributed by atoms with E-state index in [4.69, 9.17) is 0 Å². The molecule has 25 heavy (non-hydrogen) atoms. The van der Waals surface area contributed by atoms with Crippen LogP contribution in [0.4, 0.5) is 0 Å². The number of hydrogen-bond donors (Lipinski definition) is 1. The summed E-state index contributed by atoms with van der Waals surface area (Å²) in [5, 5.41) is 4.44. The van der Waals surface area contributed by atoms with Crippen molar-refractivity contribution in [1.29, 1.82) is 0 Å². The molecule has 0 saturated heterocycles. The van der Waals surface area contributed by atoms with Crippen molar-refractivity contribution >= 4 is 10.0 Å². The molecule has 2 heterocycles. The van der Waals surface area contributed by atoms with E-state index < -0.39 is 10.0 Å². The highest BCUT2D eigenvalue weighted by atomic mass is 32.2. The van der Waals surface area contributed by atoms with Crippen LogP contribution in [0.25, 0.3) is 0 Å². The Labute approximate surface area is 149 Å². The van der Waals surface area contributed by atoms with Gasteiger partial charge in [0.15, 0.2) is 0 Å². The topological polar surface area (TPSA) is 67.2 Å². The molecule has 136 valence electrons. The zero-order valence-electron chi connectivity index (χ0n) is 14.9. The van der Waals surface area contributed by atoms with Gasteiger partial charge in [0.25, 0.3) is 0 Å². The molecule has 6 nitrogen and oxygen atoms in total. The summed E-state index contributed by atoms with van der Waals surface area (Å²) in [6.07, 6.45) is 2.56. The van der Waals surface area contributed by atoms with Crippen molar-refractivity contribution in [1.82, 2.24) is 19.4 Å². The van der Waals surface area contributed by atoms with Crippen LogP contribution in [0.1, 0.15) is 36.2 Å². The number of aryl methyl sites for hydroxylation is 1. The Balaban J connectivity index is 1.65. The fourth-order valence-electron chi connectivity index (χ4n) is 3.23. The number of sulfonamides is 1. The van der Waals surface area contributed by atoms with Gasteiger partial charge in [-0.25, -0.2) is 13.1 Å². The molecule has 0 amide bonds. The molecule has 0 spiro atoms. The molecule has 0 fully saturated rings. The third-order valence-electron chi connectivity index (χ3n) is 4.66. The molecule has 1 aromatic heterocycles. The summed E-state index contributed by atoms with van der Waals surface area (Å²) in [6.45, 7) is 6.82. The number of nitrogens with zero attached hydrogens (tertiary/aromatic N) is 3. The Morgan fingerprint density at radius 2 is 2.00 bits per heavy atom. The van der Waals surface area contributed by atoms with Crippen LogP contribution in [0.5, 0.6) is 0 Å². The molecule has 1 aliphatic rings. The van der Waals surface area contributed by atoms with Crippen LogP contribution < -0.4 is 4.72 Å². The molecular formula is C18H26N4O2S. The first-order chi connectivity index (χ1) is 12.0. The summed E-state index contributed by atoms with van der Waals surface area (Å²) in [6, 6.07) is 10.9. The Hall–Kier alpha value is -1.70. The maximum absolute atomic E-state index is 11.6. The molecule has 0 unspecified atom stereocenters. The molecule has 0 saturated carbocycles. The molecule has 1 aromatic carbocycles. The lowest BCUT2D eigenvalue weighted by molar-refractivity contribution is 0.162. The molecule has 1 N–H and O–H groups in total. The minimum atomic E-state index is -3.14. The third kappa shape index (κ3) is 4.68. The Bertz CT molecular complexity index is 799. The maximum Gasteiger partial charge on any atom is 0.211 e. The van der Waals surface area contributed by atoms with Crippen molar-refractivity contribution in [3.63, 3.8) is 0 Å². The Kier molecular flexibility index (Phi) is 5.56. The normalized spacial score (nSPS) is 18.2. The average molecular weight is 362 g/mol. The van der Waals surface area contributed by atoms with Crippen molar-refractivity contribution in [2.45, 2.75) is 39.4 Å². The van der Waals surface area contributed by atoms with Crippen LogP contribution in [0.2, 0.25) is 0 Å². The SMILES string of the molecule is CCS(=O)(=O)NCC[C@@H]1CN(Cc2ccc(C)cc2)Cc2ccnn21. The molecule has 0 aliphatic carbocycles. The first kappa shape index (κ1) is 18.1. The van der Waals surface area contributed by atoms with E-state index in [1.807, 2.05) is 16.9 Å². The van der Waals surface area contributed by atoms with Crippen molar-refractivity contribution < 1.29 is 8.42 Å². The van der Waals surface area contributed by atoms with Crippen molar-refractivity contribution in [3.05, 3.63) is 53.3 Å². The van der Waals surface area contributed by atoms with Crippen LogP contribution in [-0.2, 0) is 23.1 Å². The van der Waals surface area contributed by atoms with E-state index in [0.717, 1.165) is 26.1 Å². The summed E-state index contributed by atoms with van der Waals surface area (Å²) in [4.78, 5) is 2.40. The quantitative estimate of drug-likeness (QED) is 0.819. The van der Waals surface area contributed by atoms with E-state index in [0.29, 0.717) is 6.54 Å². The highest BCUT2D eigenvalue weighted by Crippen LogP contribution is 2.24. The van der Waals surface area contributed by atoms with Gasteiger partial charge >= 0.3 is 0 Å². The first-order valence-corrected chi connectivity index (χ1v) is 10.4. The van der Waals surface area contributed by atoms with E-state index in [9.17, 15) is 8.42 Å². The van der Waals surface area contributed by atoms with E-state index >= 15 is 0 Å². The van der Waals surface area contributed by atoms with Gasteiger partial charge in [0.1, 0.15) is 0 Å². The summed E-state index contributed by atoms with van der Waals surface area (Å²) < 4.78 is 28.0. The summed E-state index contributed by atoms with van der Waals surface area (Å²) >= 11 is 0. The third-order valence-corrected chi connectivity index (χ3v) is 6.06. The lowest BCUT2D eigenvalue weighted by atomic mass is 10.1. The fourth-order valence-corrected chi connectivity index (χ4v) is 3.87. The summed E-state index contributed by atoms with van der Waals surface area (Å²) in [7, 11) is -3.14. The molecule has 0 bridgehead atoms. The Morgan fingerprint density at radius 1 is 1.24 bits per heavy atom. The summed E-state index contributed by atoms with van der Waals surface area (Å²) in [5.41, 5.74) is 3.74. The van der Waals surface area contributed by atoms with Gasteiger partial charge in [-0.05, 0) is 31.9 Å². The second kappa shape index (κ2) is 7.68. The van der Waals surface area contributed by atoms with E-state index in [-0.39, 0.29) is 11.8 Å². The number of rotatable bonds is 7. The van der Waals surface area contributed by atoms with Crippen molar-refractivity contribution in [2.75, 3.05) is 18.8 Å². The largest absolute Gasteiger partial charge is 0.291 e. The predicted molar refractivity (Wildman–Crippen MR) is 98.6 cm³/mol. The van der Waals surface area contributed by atoms with Crippen LogP contribution in [0, 0.1) is 6.92 Å². The predicted octanol–water partition coefficient (Wildman–Crippen LogP) is 2.08. The minimum Gasteiger partial charge on any atom is -0.291 e. The summed E-state index contributed by atoms with van der Waals surface area (Å²) in [5.74, 6) is 0.115. The smallest absolute Gasteiger partial charge is 0.211 e. The zero-order chi connectivity index (χ0) is 17.9. The van der Waals surface area contributed by atoms with Crippen LogP contribution >= 0.6 is 0 Å². The number of aromatic nitrogens is 2. The van der Waals surface area contributed by atoms with Crippen molar-refractivity contribution in [2.24, 2.45) is 0 Å². The zero-order valence-corrected chi connectivity index (χ0v) is 15.7. The second-order valence-electron chi connectivity index (χ2n) is 6.66. The van der Waals surface area contributed by atoms with Crippen LogP contribution in [0.3, 0.4) is 0 Å². The maximum atomic E-state index is 11.6. The van der Waals surface area contributed by atoms with E-state index in [1.165, 1.54) is 16.8 Å². The van der Waals surface area contributed by atoms with Gasteiger partial charge in [0, 0.05) is 32.4 Å². The van der Waals surface area contributed by atoms with Gasteiger partial charge in [-0.15, -0.1) is 0 Å². The molecular weight excluding hydrogens is 336 g/mol. The number of benzene rings is 1. The molecule has 2 aromatic rings. The van der Waals surface area contributed by atoms with Gasteiger partial charge in [-0.3, -0.25) is 9.58 Å². The monoisotopic (exact) mass is 362 g/mol. The highest BCUT2D eigenvalue weighted by molar-refractivity contribution is 7.89. The van der Waals surface area contributed by atoms with Gasteiger partial charge in [0.05, 0.1) is 17.5 Å². The van der Waals surface area contributed by atoms with Gasteiger partial charge in [0.2, 0.25) is 10.0 Å². The van der Waals surface area contributed by atoms with E-state index in [1.54, 1.807) is 6.92 Å². The fraction of sp³-hybridized carbons (Fsp3) is 0.500. The molecule has 0 radical (unpaired) electrons. The van der Waals surface area contributed by atoms with Crippen LogP contribution in [0.15, 0.2) is 36.5 Å². The molecule has 7 heteroatoms. The van der Waals surface area contributed by atoms with Gasteiger partial charge in [-0.1, -0.05) is 29.8 Å². The lowest BCUT2D eigenvalue weighted by Crippen LogP contribution is -2.39. The molecule has 1 atom stereocenters. The van der Waals surface area contributed by atoms with E-state index in [2.05, 4.69) is 45.9 Å². The van der Waals surface area contributed by atoms with Crippen molar-refractivity contribution in [3.8, 4) is 0 Å². The standard InChI is InChI=1S/C18H26N4O2S/c1-3-25(23,24)20-11-9-18-14-21(13-17-8-10-19-22(17)18)12-16-6-4-15(2)5-7-16/h4-8,10,18,20H,3,9,11-14H2,1-2H3/t18-/m1/s1.